The van der Waals surface area contributed by atoms with E-state index >= 15 is 0 Å². The lowest BCUT2D eigenvalue weighted by molar-refractivity contribution is 0.368. The molecule has 0 bridgehead atoms. The summed E-state index contributed by atoms with van der Waals surface area (Å²) in [6.45, 7) is 0. The fourth-order valence-electron chi connectivity index (χ4n) is 3.44. The van der Waals surface area contributed by atoms with E-state index in [1.807, 2.05) is 0 Å². The van der Waals surface area contributed by atoms with E-state index in [0.29, 0.717) is 16.7 Å². The Balaban J connectivity index is 2.00. The molecule has 0 aromatic heterocycles. The summed E-state index contributed by atoms with van der Waals surface area (Å²) < 4.78 is 0. The van der Waals surface area contributed by atoms with Crippen LogP contribution in [0.2, 0.25) is 0 Å². The third-order valence-corrected chi connectivity index (χ3v) is 5.14. The minimum absolute atomic E-state index is 0.283. The molecule has 0 atom stereocenters. The lowest BCUT2D eigenvalue weighted by Gasteiger charge is -2.14. The van der Waals surface area contributed by atoms with Crippen molar-refractivity contribution in [2.24, 2.45) is 0 Å². The number of aromatic hydroxyl groups is 9. The summed E-state index contributed by atoms with van der Waals surface area (Å²) in [7, 11) is 0. The van der Waals surface area contributed by atoms with E-state index in [-0.39, 0.29) is 16.7 Å². The molecule has 0 spiro atoms. The van der Waals surface area contributed by atoms with Gasteiger partial charge in [0.25, 0.3) is 0 Å². The summed E-state index contributed by atoms with van der Waals surface area (Å²) in [5, 5.41) is 88.5. The van der Waals surface area contributed by atoms with Gasteiger partial charge in [0, 0.05) is 0 Å². The molecule has 0 heterocycles. The first-order valence-corrected chi connectivity index (χ1v) is 9.46. The zero-order valence-corrected chi connectivity index (χ0v) is 16.7. The molecule has 4 aromatic carbocycles. The summed E-state index contributed by atoms with van der Waals surface area (Å²) in [6.07, 6.45) is 0. The van der Waals surface area contributed by atoms with Crippen molar-refractivity contribution in [3.63, 3.8) is 0 Å². The Labute approximate surface area is 186 Å². The van der Waals surface area contributed by atoms with E-state index in [1.165, 1.54) is 36.4 Å². The molecule has 0 saturated heterocycles. The molecule has 9 nitrogen and oxygen atoms in total. The van der Waals surface area contributed by atoms with E-state index in [2.05, 4.69) is 0 Å². The fourth-order valence-corrected chi connectivity index (χ4v) is 3.44. The van der Waals surface area contributed by atoms with Gasteiger partial charge in [0.15, 0.2) is 51.7 Å². The Kier molecular flexibility index (Phi) is 4.94. The Morgan fingerprint density at radius 2 is 0.394 bits per heavy atom. The molecule has 0 aliphatic carbocycles. The quantitative estimate of drug-likeness (QED) is 0.208. The lowest BCUT2D eigenvalue weighted by atomic mass is 9.92. The highest BCUT2D eigenvalue weighted by molar-refractivity contribution is 5.84. The number of hydrogen-bond acceptors (Lipinski definition) is 9. The predicted octanol–water partition coefficient (Wildman–Crippen LogP) is 4.04. The molecule has 0 unspecified atom stereocenters. The zero-order valence-electron chi connectivity index (χ0n) is 16.7. The van der Waals surface area contributed by atoms with Crippen LogP contribution < -0.4 is 0 Å². The van der Waals surface area contributed by atoms with Crippen LogP contribution in [0.3, 0.4) is 0 Å². The molecular weight excluding hydrogens is 432 g/mol. The molecule has 0 saturated carbocycles. The van der Waals surface area contributed by atoms with Crippen molar-refractivity contribution in [2.75, 3.05) is 0 Å². The third kappa shape index (κ3) is 3.79. The van der Waals surface area contributed by atoms with Gasteiger partial charge >= 0.3 is 0 Å². The first kappa shape index (κ1) is 21.3. The van der Waals surface area contributed by atoms with Crippen molar-refractivity contribution in [2.45, 2.75) is 0 Å². The van der Waals surface area contributed by atoms with Crippen LogP contribution in [0.1, 0.15) is 0 Å². The van der Waals surface area contributed by atoms with Crippen LogP contribution in [0.4, 0.5) is 0 Å². The molecule has 9 N–H and O–H groups in total. The number of phenolic OH excluding ortho intramolecular Hbond substituents is 9. The van der Waals surface area contributed by atoms with E-state index in [1.54, 1.807) is 18.2 Å². The minimum Gasteiger partial charge on any atom is -0.504 e. The highest BCUT2D eigenvalue weighted by atomic mass is 16.3. The second-order valence-corrected chi connectivity index (χ2v) is 7.39. The summed E-state index contributed by atoms with van der Waals surface area (Å²) in [5.74, 6) is -5.53. The van der Waals surface area contributed by atoms with Gasteiger partial charge in [-0.05, 0) is 88.0 Å². The molecule has 0 radical (unpaired) electrons. The maximum Gasteiger partial charge on any atom is 0.200 e. The molecule has 0 fully saturated rings. The Bertz CT molecular complexity index is 1160. The van der Waals surface area contributed by atoms with Crippen molar-refractivity contribution in [1.82, 2.24) is 0 Å². The van der Waals surface area contributed by atoms with E-state index < -0.39 is 51.7 Å². The molecule has 9 heteroatoms. The highest BCUT2D eigenvalue weighted by Crippen LogP contribution is 2.45. The molecule has 0 amide bonds. The Morgan fingerprint density at radius 3 is 0.576 bits per heavy atom. The summed E-state index contributed by atoms with van der Waals surface area (Å²) in [4.78, 5) is 0. The van der Waals surface area contributed by atoms with Crippen molar-refractivity contribution < 1.29 is 46.0 Å². The van der Waals surface area contributed by atoms with Crippen LogP contribution in [-0.2, 0) is 0 Å². The second-order valence-electron chi connectivity index (χ2n) is 7.39. The van der Waals surface area contributed by atoms with E-state index in [4.69, 9.17) is 0 Å². The molecule has 4 rings (SSSR count). The summed E-state index contributed by atoms with van der Waals surface area (Å²) in [6, 6.07) is 12.0. The standard InChI is InChI=1S/C24H18O9/c25-16-4-13(5-17(26)22(16)31)10-1-11(14-6-18(27)23(32)19(28)7-14)3-12(2-10)15-8-20(29)24(33)21(30)9-15/h1-9,25-33H. The second kappa shape index (κ2) is 7.65. The summed E-state index contributed by atoms with van der Waals surface area (Å²) >= 11 is 0. The van der Waals surface area contributed by atoms with Gasteiger partial charge in [-0.3, -0.25) is 0 Å². The van der Waals surface area contributed by atoms with Gasteiger partial charge in [-0.1, -0.05) is 0 Å². The average Bonchev–Trinajstić information content (AvgIpc) is 2.78. The fraction of sp³-hybridized carbons (Fsp3) is 0. The lowest BCUT2D eigenvalue weighted by Crippen LogP contribution is -1.88. The van der Waals surface area contributed by atoms with E-state index in [0.717, 1.165) is 0 Å². The van der Waals surface area contributed by atoms with E-state index in [9.17, 15) is 46.0 Å². The number of rotatable bonds is 3. The molecule has 168 valence electrons. The van der Waals surface area contributed by atoms with Crippen molar-refractivity contribution >= 4 is 0 Å². The van der Waals surface area contributed by atoms with Crippen molar-refractivity contribution in [3.8, 4) is 85.1 Å². The first-order valence-electron chi connectivity index (χ1n) is 9.46. The van der Waals surface area contributed by atoms with Crippen LogP contribution >= 0.6 is 0 Å². The molecule has 4 aromatic rings. The van der Waals surface area contributed by atoms with Crippen LogP contribution in [0.15, 0.2) is 54.6 Å². The molecule has 0 aliphatic heterocycles. The Hall–Kier alpha value is -4.92. The summed E-state index contributed by atoms with van der Waals surface area (Å²) in [5.41, 5.74) is 2.03. The number of hydrogen-bond donors (Lipinski definition) is 9. The average molecular weight is 450 g/mol. The molecule has 33 heavy (non-hydrogen) atoms. The largest absolute Gasteiger partial charge is 0.504 e. The van der Waals surface area contributed by atoms with Crippen molar-refractivity contribution in [3.05, 3.63) is 54.6 Å². The monoisotopic (exact) mass is 450 g/mol. The maximum absolute atomic E-state index is 9.92. The normalized spacial score (nSPS) is 10.9. The zero-order chi connectivity index (χ0) is 24.0. The highest BCUT2D eigenvalue weighted by Gasteiger charge is 2.16. The topological polar surface area (TPSA) is 182 Å². The third-order valence-electron chi connectivity index (χ3n) is 5.14. The van der Waals surface area contributed by atoms with Gasteiger partial charge in [-0.2, -0.15) is 0 Å². The van der Waals surface area contributed by atoms with Crippen LogP contribution in [0.25, 0.3) is 33.4 Å². The number of benzene rings is 4. The van der Waals surface area contributed by atoms with Gasteiger partial charge in [0.05, 0.1) is 0 Å². The van der Waals surface area contributed by atoms with Gasteiger partial charge < -0.3 is 46.0 Å². The maximum atomic E-state index is 9.92. The predicted molar refractivity (Wildman–Crippen MR) is 118 cm³/mol. The first-order chi connectivity index (χ1) is 15.5. The van der Waals surface area contributed by atoms with Crippen LogP contribution in [0, 0.1) is 0 Å². The smallest absolute Gasteiger partial charge is 0.200 e. The van der Waals surface area contributed by atoms with Gasteiger partial charge in [0.1, 0.15) is 0 Å². The minimum atomic E-state index is -0.697. The molecular formula is C24H18O9. The SMILES string of the molecule is Oc1cc(-c2cc(-c3cc(O)c(O)c(O)c3)cc(-c3cc(O)c(O)c(O)c3)c2)cc(O)c1O. The van der Waals surface area contributed by atoms with Crippen LogP contribution in [-0.4, -0.2) is 46.0 Å². The van der Waals surface area contributed by atoms with Gasteiger partial charge in [-0.15, -0.1) is 0 Å². The molecule has 0 aliphatic rings. The van der Waals surface area contributed by atoms with Gasteiger partial charge in [-0.25, -0.2) is 0 Å². The Morgan fingerprint density at radius 1 is 0.242 bits per heavy atom. The number of phenols is 9. The van der Waals surface area contributed by atoms with Gasteiger partial charge in [0.2, 0.25) is 0 Å². The van der Waals surface area contributed by atoms with Crippen LogP contribution in [0.5, 0.6) is 51.7 Å². The van der Waals surface area contributed by atoms with Crippen molar-refractivity contribution in [1.29, 1.82) is 0 Å².